The van der Waals surface area contributed by atoms with E-state index in [1.165, 1.54) is 9.13 Å². The summed E-state index contributed by atoms with van der Waals surface area (Å²) in [5, 5.41) is 17.7. The van der Waals surface area contributed by atoms with Crippen LogP contribution in [0.5, 0.6) is 34.9 Å². The van der Waals surface area contributed by atoms with Crippen LogP contribution in [-0.4, -0.2) is 79.8 Å². The fourth-order valence-corrected chi connectivity index (χ4v) is 11.6. The molecule has 3 N–H and O–H groups in total. The van der Waals surface area contributed by atoms with Gasteiger partial charge in [0.1, 0.15) is 45.8 Å². The first-order chi connectivity index (χ1) is 59.1. The van der Waals surface area contributed by atoms with E-state index in [0.29, 0.717) is 110 Å². The van der Waals surface area contributed by atoms with E-state index in [-0.39, 0.29) is 31.0 Å². The predicted octanol–water partition coefficient (Wildman–Crippen LogP) is 14.5. The van der Waals surface area contributed by atoms with Gasteiger partial charge in [0.05, 0.1) is 17.1 Å². The number of aryl methyl sites for hydroxylation is 3. The Labute approximate surface area is 739 Å². The highest BCUT2D eigenvalue weighted by molar-refractivity contribution is 6.76. The van der Waals surface area contributed by atoms with Gasteiger partial charge in [-0.15, -0.1) is 19.3 Å². The Morgan fingerprint density at radius 3 is 1.06 bits per heavy atom. The number of alkyl halides is 3. The summed E-state index contributed by atoms with van der Waals surface area (Å²) < 4.78 is 61.4. The molecule has 6 aromatic heterocycles. The molecule has 0 fully saturated rings. The van der Waals surface area contributed by atoms with Crippen LogP contribution in [0.25, 0.3) is 33.8 Å². The number of aliphatic hydroxyl groups excluding tert-OH is 1. The molecule has 634 valence electrons. The Bertz CT molecular complexity index is 6750. The zero-order valence-corrected chi connectivity index (χ0v) is 72.6. The number of terminal acetylenes is 3. The molecule has 3 aromatic carbocycles. The third-order valence-electron chi connectivity index (χ3n) is 16.0. The monoisotopic (exact) mass is 1760 g/mol. The number of hydrogen-bond donors (Lipinski definition) is 3. The van der Waals surface area contributed by atoms with Gasteiger partial charge < -0.3 is 29.2 Å². The molecule has 0 aliphatic carbocycles. The number of nitrogens with one attached hydrogen (secondary N) is 1. The lowest BCUT2D eigenvalue weighted by atomic mass is 10.0. The van der Waals surface area contributed by atoms with E-state index in [2.05, 4.69) is 188 Å². The molecule has 0 saturated heterocycles. The number of aliphatic hydroxyl groups is 1. The summed E-state index contributed by atoms with van der Waals surface area (Å²) in [6.07, 6.45) is 14.3. The second kappa shape index (κ2) is 53.3. The van der Waals surface area contributed by atoms with Crippen LogP contribution in [0.1, 0.15) is 68.5 Å². The van der Waals surface area contributed by atoms with Crippen molar-refractivity contribution in [2.24, 2.45) is 0 Å². The van der Waals surface area contributed by atoms with E-state index in [0.717, 1.165) is 44.0 Å². The molecule has 0 bridgehead atoms. The number of aliphatic carboxylic acids is 1. The first-order valence-corrected chi connectivity index (χ1v) is 41.4. The number of halogens is 6. The van der Waals surface area contributed by atoms with Gasteiger partial charge in [0.2, 0.25) is 17.6 Å². The molecule has 0 atom stereocenters. The molecule has 9 rings (SSSR count). The molecular weight excluding hydrogens is 1680 g/mol. The molecule has 0 aliphatic heterocycles. The molecule has 0 radical (unpaired) electrons. The molecule has 29 heteroatoms. The van der Waals surface area contributed by atoms with Crippen LogP contribution < -0.4 is 48.0 Å². The Balaban J connectivity index is 0.000000407. The summed E-state index contributed by atoms with van der Waals surface area (Å²) in [5.41, 5.74) is 5.44. The number of hydrogen-bond acceptors (Lipinski definition) is 15. The van der Waals surface area contributed by atoms with E-state index in [1.54, 1.807) is 122 Å². The van der Waals surface area contributed by atoms with Crippen LogP contribution in [0.2, 0.25) is 40.8 Å². The van der Waals surface area contributed by atoms with Gasteiger partial charge in [-0.2, -0.15) is 13.2 Å². The van der Waals surface area contributed by atoms with E-state index in [4.69, 9.17) is 82.9 Å². The minimum Gasteiger partial charge on any atom is -0.475 e. The number of rotatable bonds is 18. The van der Waals surface area contributed by atoms with Crippen molar-refractivity contribution in [3.63, 3.8) is 0 Å². The van der Waals surface area contributed by atoms with Crippen molar-refractivity contribution in [3.8, 4) is 236 Å². The summed E-state index contributed by atoms with van der Waals surface area (Å²) in [5.74, 6) is 60.1. The van der Waals surface area contributed by atoms with Crippen LogP contribution in [0, 0.1) is 209 Å². The van der Waals surface area contributed by atoms with Crippen molar-refractivity contribution in [2.45, 2.75) is 142 Å². The van der Waals surface area contributed by atoms with Crippen LogP contribution in [0.15, 0.2) is 138 Å². The third-order valence-corrected chi connectivity index (χ3v) is 18.6. The van der Waals surface area contributed by atoms with Crippen molar-refractivity contribution < 1.29 is 47.1 Å². The number of carboxylic acid groups (broad SMARTS) is 1. The Kier molecular flexibility index (Phi) is 44.3. The normalized spacial score (nSPS) is 9.32. The number of ether oxygens (including phenoxy) is 4. The maximum Gasteiger partial charge on any atom is 0.490 e. The van der Waals surface area contributed by atoms with Gasteiger partial charge in [0.15, 0.2) is 0 Å². The number of nitrogens with zero attached hydrogens (tertiary/aromatic N) is 8. The Hall–Kier alpha value is -15.3. The fraction of sp³-hybridized carbons (Fsp3) is 0.229. The van der Waals surface area contributed by atoms with Crippen LogP contribution in [0.3, 0.4) is 0 Å². The Morgan fingerprint density at radius 1 is 0.480 bits per heavy atom. The van der Waals surface area contributed by atoms with Gasteiger partial charge in [-0.25, -0.2) is 43.3 Å². The summed E-state index contributed by atoms with van der Waals surface area (Å²) in [6.45, 7) is 25.9. The number of carboxylic acids is 1. The van der Waals surface area contributed by atoms with Crippen molar-refractivity contribution in [2.75, 3.05) is 6.61 Å². The van der Waals surface area contributed by atoms with Crippen LogP contribution >= 0.6 is 34.8 Å². The quantitative estimate of drug-likeness (QED) is 0.0409. The van der Waals surface area contributed by atoms with Crippen molar-refractivity contribution in [3.05, 3.63) is 221 Å². The maximum absolute atomic E-state index is 13.2. The summed E-state index contributed by atoms with van der Waals surface area (Å²) in [6, 6.07) is 27.4. The molecule has 6 heterocycles. The highest BCUT2D eigenvalue weighted by Gasteiger charge is 2.38. The average Bonchev–Trinajstić information content (AvgIpc) is 0.770. The molecule has 0 spiro atoms. The first-order valence-electron chi connectivity index (χ1n) is 36.6. The lowest BCUT2D eigenvalue weighted by Gasteiger charge is -2.20. The molecule has 0 unspecified atom stereocenters. The third kappa shape index (κ3) is 33.0. The van der Waals surface area contributed by atoms with E-state index < -0.39 is 43.9 Å². The maximum atomic E-state index is 13.2. The molecule has 22 nitrogen and oxygen atoms in total. The Morgan fingerprint density at radius 2 is 0.784 bits per heavy atom. The lowest BCUT2D eigenvalue weighted by molar-refractivity contribution is -0.192. The van der Waals surface area contributed by atoms with Crippen molar-refractivity contribution in [1.29, 1.82) is 0 Å². The van der Waals surface area contributed by atoms with E-state index in [9.17, 15) is 47.0 Å². The van der Waals surface area contributed by atoms with Gasteiger partial charge in [-0.3, -0.25) is 33.1 Å². The standard InChI is InChI=1S/C25H32ClN3O4Si.C20H20ClN3O4.C19H18ClN3O3.C15H4.C14H2.C2HF3O2.CH4/c1-7-28-22(18(3)24(30)29(25(28)31)16-32-13-14-34(4,5)6)20-11-10-19(15-17(20)2)33-23-21(26)9-8-12-27-23;1-4-23-17(13(3)19(26)24(11-25)20(23)27)15-8-7-14(10-12(15)2)28-18-16(21)6-5-9-22-18;1-4-23-16(12(3)17(24)22-19(23)25)14-8-7-13(10-11(14)2)26-18-15(20)6-5-9-21-18;1-3-5-7-9-11-13-15-14-12-10-8-6-4-2;1-3-5-7-9-11-13-14-12-10-8-6-4-2;3-2(4,5)1(6)7;/h8-12,15H,7,13-14,16H2,1-6H3;5-10,25H,4,11H2,1-3H3;5-10H,4H2,1-3H3,(H,22,24,25);1H,2H3;1-2H;(H,6,7);1H4. The average molecular weight is 1760 g/mol. The highest BCUT2D eigenvalue weighted by Crippen LogP contribution is 2.35. The molecule has 0 aliphatic rings. The molecular formula is C96H81Cl3F3N9O13Si. The predicted molar refractivity (Wildman–Crippen MR) is 485 cm³/mol. The number of aromatic nitrogens is 9. The molecule has 125 heavy (non-hydrogen) atoms. The smallest absolute Gasteiger partial charge is 0.475 e. The van der Waals surface area contributed by atoms with E-state index in [1.807, 2.05) is 65.8 Å². The number of H-pyrrole nitrogens is 1. The fourth-order valence-electron chi connectivity index (χ4n) is 10.3. The van der Waals surface area contributed by atoms with E-state index >= 15 is 0 Å². The van der Waals surface area contributed by atoms with Gasteiger partial charge in [-0.1, -0.05) is 67.8 Å². The zero-order valence-electron chi connectivity index (χ0n) is 69.3. The van der Waals surface area contributed by atoms with Gasteiger partial charge in [-0.05, 0) is 325 Å². The minimum atomic E-state index is -5.08. The first kappa shape index (κ1) is 104. The number of carbonyl (C=O) groups is 1. The van der Waals surface area contributed by atoms with Crippen LogP contribution in [-0.2, 0) is 42.6 Å². The van der Waals surface area contributed by atoms with Gasteiger partial charge in [0, 0.05) is 86.3 Å². The minimum absolute atomic E-state index is 0. The topological polar surface area (TPSA) is 276 Å². The second-order valence-electron chi connectivity index (χ2n) is 25.7. The largest absolute Gasteiger partial charge is 0.490 e. The lowest BCUT2D eigenvalue weighted by Crippen LogP contribution is -2.42. The number of aromatic amines is 1. The SMILES string of the molecule is C.C#CC#CC#CC#CC#CC#CC#C.C#CC#CC#CC#CC#CC#CC#CC.CCn1c(-c2ccc(Oc3ncccc3Cl)cc2C)c(C)c(=O)[nH]c1=O.CCn1c(-c2ccc(Oc3ncccc3Cl)cc2C)c(C)c(=O)n(CO)c1=O.CCn1c(-c2ccc(Oc3ncccc3Cl)cc2C)c(C)c(=O)n(COCC[Si](C)(C)C)c1=O.O=C(O)C(F)(F)F. The highest BCUT2D eigenvalue weighted by atomic mass is 35.5. The molecule has 0 amide bonds. The van der Waals surface area contributed by atoms with Crippen molar-refractivity contribution >= 4 is 48.8 Å². The zero-order chi connectivity index (χ0) is 92.1. The summed E-state index contributed by atoms with van der Waals surface area (Å²) >= 11 is 18.3. The molecule has 0 saturated carbocycles. The summed E-state index contributed by atoms with van der Waals surface area (Å²) in [4.78, 5) is 99.2. The summed E-state index contributed by atoms with van der Waals surface area (Å²) in [7, 11) is -1.26. The second-order valence-corrected chi connectivity index (χ2v) is 32.5. The van der Waals surface area contributed by atoms with Gasteiger partial charge >= 0.3 is 29.2 Å². The van der Waals surface area contributed by atoms with Crippen LogP contribution in [0.4, 0.5) is 13.2 Å². The number of pyridine rings is 3. The number of benzene rings is 3. The van der Waals surface area contributed by atoms with Crippen molar-refractivity contribution in [1.82, 2.24) is 42.8 Å². The molecule has 9 aromatic rings. The van der Waals surface area contributed by atoms with Gasteiger partial charge in [0.25, 0.3) is 16.7 Å².